The summed E-state index contributed by atoms with van der Waals surface area (Å²) in [4.78, 5) is 0. The highest BCUT2D eigenvalue weighted by atomic mass is 127. The first-order chi connectivity index (χ1) is 6.95. The zero-order valence-corrected chi connectivity index (χ0v) is 11.3. The van der Waals surface area contributed by atoms with Crippen LogP contribution in [0.5, 0.6) is 0 Å². The second kappa shape index (κ2) is 4.98. The molecule has 0 fully saturated rings. The van der Waals surface area contributed by atoms with Crippen LogP contribution in [0.15, 0.2) is 36.9 Å². The molecule has 1 aromatic rings. The molecule has 1 rings (SSSR count). The molecule has 0 aliphatic rings. The number of nitrogens with zero attached hydrogens (tertiary/aromatic N) is 1. The van der Waals surface area contributed by atoms with Gasteiger partial charge in [0.2, 0.25) is 10.0 Å². The molecular weight excluding hydrogens is 325 g/mol. The van der Waals surface area contributed by atoms with Crippen LogP contribution < -0.4 is 4.31 Å². The van der Waals surface area contributed by atoms with Crippen molar-refractivity contribution in [2.75, 3.05) is 17.1 Å². The first-order valence-electron chi connectivity index (χ1n) is 4.29. The van der Waals surface area contributed by atoms with Gasteiger partial charge >= 0.3 is 0 Å². The number of hydrogen-bond donors (Lipinski definition) is 0. The predicted octanol–water partition coefficient (Wildman–Crippen LogP) is 2.24. The Morgan fingerprint density at radius 2 is 1.93 bits per heavy atom. The van der Waals surface area contributed by atoms with Crippen LogP contribution >= 0.6 is 22.6 Å². The number of hydrogen-bond acceptors (Lipinski definition) is 2. The Morgan fingerprint density at radius 3 is 2.33 bits per heavy atom. The lowest BCUT2D eigenvalue weighted by Crippen LogP contribution is -2.29. The maximum atomic E-state index is 11.5. The first-order valence-corrected chi connectivity index (χ1v) is 7.22. The fourth-order valence-corrected chi connectivity index (χ4v) is 2.40. The van der Waals surface area contributed by atoms with Gasteiger partial charge in [0, 0.05) is 3.57 Å². The molecule has 0 bridgehead atoms. The van der Waals surface area contributed by atoms with Crippen LogP contribution in [0.25, 0.3) is 0 Å². The molecule has 0 spiro atoms. The van der Waals surface area contributed by atoms with E-state index in [2.05, 4.69) is 29.2 Å². The van der Waals surface area contributed by atoms with E-state index < -0.39 is 10.0 Å². The molecular formula is C10H12INO2S. The summed E-state index contributed by atoms with van der Waals surface area (Å²) in [7, 11) is -3.23. The van der Waals surface area contributed by atoms with Gasteiger partial charge in [-0.1, -0.05) is 6.08 Å². The first kappa shape index (κ1) is 12.5. The van der Waals surface area contributed by atoms with Crippen LogP contribution in [0.4, 0.5) is 5.69 Å². The van der Waals surface area contributed by atoms with Gasteiger partial charge in [-0.05, 0) is 46.9 Å². The maximum absolute atomic E-state index is 11.5. The van der Waals surface area contributed by atoms with Crippen molar-refractivity contribution in [3.63, 3.8) is 0 Å². The van der Waals surface area contributed by atoms with Gasteiger partial charge < -0.3 is 0 Å². The van der Waals surface area contributed by atoms with Gasteiger partial charge in [0.25, 0.3) is 0 Å². The van der Waals surface area contributed by atoms with Crippen molar-refractivity contribution >= 4 is 38.3 Å². The Balaban J connectivity index is 3.10. The highest BCUT2D eigenvalue weighted by Crippen LogP contribution is 2.18. The molecule has 0 atom stereocenters. The number of rotatable bonds is 4. The quantitative estimate of drug-likeness (QED) is 0.624. The maximum Gasteiger partial charge on any atom is 0.232 e. The van der Waals surface area contributed by atoms with Crippen molar-refractivity contribution in [3.8, 4) is 0 Å². The second-order valence-electron chi connectivity index (χ2n) is 3.06. The summed E-state index contributed by atoms with van der Waals surface area (Å²) in [6, 6.07) is 7.31. The fourth-order valence-electron chi connectivity index (χ4n) is 1.16. The van der Waals surface area contributed by atoms with Crippen LogP contribution in [-0.2, 0) is 10.0 Å². The van der Waals surface area contributed by atoms with E-state index in [9.17, 15) is 8.42 Å². The third kappa shape index (κ3) is 3.49. The van der Waals surface area contributed by atoms with Gasteiger partial charge in [0.15, 0.2) is 0 Å². The van der Waals surface area contributed by atoms with Crippen molar-refractivity contribution in [1.29, 1.82) is 0 Å². The molecule has 0 N–H and O–H groups in total. The third-order valence-electron chi connectivity index (χ3n) is 1.81. The van der Waals surface area contributed by atoms with Gasteiger partial charge in [0.1, 0.15) is 0 Å². The fraction of sp³-hybridized carbons (Fsp3) is 0.200. The van der Waals surface area contributed by atoms with E-state index in [0.717, 1.165) is 3.57 Å². The van der Waals surface area contributed by atoms with E-state index >= 15 is 0 Å². The Hall–Kier alpha value is -0.560. The molecule has 3 nitrogen and oxygen atoms in total. The Bertz CT molecular complexity index is 439. The molecule has 5 heteroatoms. The summed E-state index contributed by atoms with van der Waals surface area (Å²) >= 11 is 2.17. The van der Waals surface area contributed by atoms with Crippen molar-refractivity contribution in [2.24, 2.45) is 0 Å². The predicted molar refractivity (Wildman–Crippen MR) is 71.5 cm³/mol. The van der Waals surface area contributed by atoms with E-state index in [1.807, 2.05) is 12.1 Å². The number of halogens is 1. The Labute approximate surface area is 104 Å². The second-order valence-corrected chi connectivity index (χ2v) is 6.21. The van der Waals surface area contributed by atoms with E-state index in [1.54, 1.807) is 18.2 Å². The molecule has 0 amide bonds. The molecule has 0 heterocycles. The summed E-state index contributed by atoms with van der Waals surface area (Å²) in [6.07, 6.45) is 2.76. The lowest BCUT2D eigenvalue weighted by Gasteiger charge is -2.20. The van der Waals surface area contributed by atoms with Crippen LogP contribution in [0.2, 0.25) is 0 Å². The van der Waals surface area contributed by atoms with Gasteiger partial charge in [-0.15, -0.1) is 6.58 Å². The highest BCUT2D eigenvalue weighted by Gasteiger charge is 2.14. The standard InChI is InChI=1S/C10H12INO2S/c1-3-8-12(15(2,13)14)10-6-4-9(11)5-7-10/h3-7H,1,8H2,2H3. The number of sulfonamides is 1. The summed E-state index contributed by atoms with van der Waals surface area (Å²) in [5.41, 5.74) is 0.665. The van der Waals surface area contributed by atoms with Crippen molar-refractivity contribution in [2.45, 2.75) is 0 Å². The summed E-state index contributed by atoms with van der Waals surface area (Å²) < 4.78 is 25.4. The molecule has 0 aromatic heterocycles. The molecule has 0 saturated carbocycles. The lowest BCUT2D eigenvalue weighted by atomic mass is 10.3. The number of anilines is 1. The van der Waals surface area contributed by atoms with E-state index in [1.165, 1.54) is 10.6 Å². The van der Waals surface area contributed by atoms with Crippen LogP contribution in [0.1, 0.15) is 0 Å². The van der Waals surface area contributed by atoms with E-state index in [0.29, 0.717) is 12.2 Å². The smallest absolute Gasteiger partial charge is 0.232 e. The van der Waals surface area contributed by atoms with Crippen molar-refractivity contribution in [3.05, 3.63) is 40.5 Å². The molecule has 15 heavy (non-hydrogen) atoms. The monoisotopic (exact) mass is 337 g/mol. The van der Waals surface area contributed by atoms with Crippen LogP contribution in [-0.4, -0.2) is 21.2 Å². The van der Waals surface area contributed by atoms with Crippen molar-refractivity contribution < 1.29 is 8.42 Å². The minimum Gasteiger partial charge on any atom is -0.267 e. The molecule has 0 aliphatic heterocycles. The summed E-state index contributed by atoms with van der Waals surface area (Å²) in [5.74, 6) is 0. The van der Waals surface area contributed by atoms with E-state index in [-0.39, 0.29) is 0 Å². The minimum absolute atomic E-state index is 0.291. The molecule has 1 aromatic carbocycles. The molecule has 0 radical (unpaired) electrons. The lowest BCUT2D eigenvalue weighted by molar-refractivity contribution is 0.598. The number of benzene rings is 1. The van der Waals surface area contributed by atoms with Gasteiger partial charge in [-0.25, -0.2) is 8.42 Å². The van der Waals surface area contributed by atoms with Gasteiger partial charge in [0.05, 0.1) is 18.5 Å². The van der Waals surface area contributed by atoms with Crippen molar-refractivity contribution in [1.82, 2.24) is 0 Å². The minimum atomic E-state index is -3.23. The van der Waals surface area contributed by atoms with Crippen LogP contribution in [0, 0.1) is 3.57 Å². The third-order valence-corrected chi connectivity index (χ3v) is 3.69. The zero-order chi connectivity index (χ0) is 11.5. The molecule has 0 aliphatic carbocycles. The zero-order valence-electron chi connectivity index (χ0n) is 8.35. The Kier molecular flexibility index (Phi) is 4.15. The van der Waals surface area contributed by atoms with E-state index in [4.69, 9.17) is 0 Å². The van der Waals surface area contributed by atoms with Gasteiger partial charge in [-0.2, -0.15) is 0 Å². The average Bonchev–Trinajstić information content (AvgIpc) is 2.14. The SMILES string of the molecule is C=CCN(c1ccc(I)cc1)S(C)(=O)=O. The summed E-state index contributed by atoms with van der Waals surface area (Å²) in [5, 5.41) is 0. The normalized spacial score (nSPS) is 11.1. The average molecular weight is 337 g/mol. The Morgan fingerprint density at radius 1 is 1.40 bits per heavy atom. The van der Waals surface area contributed by atoms with Gasteiger partial charge in [-0.3, -0.25) is 4.31 Å². The van der Waals surface area contributed by atoms with Crippen LogP contribution in [0.3, 0.4) is 0 Å². The molecule has 82 valence electrons. The highest BCUT2D eigenvalue weighted by molar-refractivity contribution is 14.1. The topological polar surface area (TPSA) is 37.4 Å². The largest absolute Gasteiger partial charge is 0.267 e. The molecule has 0 unspecified atom stereocenters. The summed E-state index contributed by atoms with van der Waals surface area (Å²) in [6.45, 7) is 3.84. The molecule has 0 saturated heterocycles.